The lowest BCUT2D eigenvalue weighted by Gasteiger charge is -2.14. The van der Waals surface area contributed by atoms with E-state index in [1.165, 1.54) is 20.3 Å². The van der Waals surface area contributed by atoms with Gasteiger partial charge >= 0.3 is 0 Å². The van der Waals surface area contributed by atoms with Gasteiger partial charge in [0.1, 0.15) is 11.5 Å². The normalized spacial score (nSPS) is 11.7. The Balaban J connectivity index is 1.51. The number of aromatic amines is 1. The Bertz CT molecular complexity index is 1590. The van der Waals surface area contributed by atoms with Crippen LogP contribution in [0.1, 0.15) is 16.7 Å². The number of amides is 1. The first kappa shape index (κ1) is 27.7. The van der Waals surface area contributed by atoms with E-state index in [1.807, 2.05) is 25.3 Å². The maximum absolute atomic E-state index is 13.3. The summed E-state index contributed by atoms with van der Waals surface area (Å²) in [6.07, 6.45) is 6.61. The van der Waals surface area contributed by atoms with Gasteiger partial charge in [0.05, 0.1) is 39.1 Å². The van der Waals surface area contributed by atoms with Crippen LogP contribution in [0.15, 0.2) is 59.8 Å². The van der Waals surface area contributed by atoms with Gasteiger partial charge in [0, 0.05) is 36.9 Å². The van der Waals surface area contributed by atoms with Crippen LogP contribution in [0.3, 0.4) is 0 Å². The van der Waals surface area contributed by atoms with Gasteiger partial charge in [0.25, 0.3) is 10.0 Å². The van der Waals surface area contributed by atoms with Gasteiger partial charge in [0.15, 0.2) is 10.7 Å². The molecule has 39 heavy (non-hydrogen) atoms. The second-order valence-electron chi connectivity index (χ2n) is 8.63. The van der Waals surface area contributed by atoms with Crippen LogP contribution in [0.2, 0.25) is 0 Å². The van der Waals surface area contributed by atoms with Gasteiger partial charge in [-0.15, -0.1) is 0 Å². The van der Waals surface area contributed by atoms with Crippen molar-refractivity contribution in [1.82, 2.24) is 25.3 Å². The molecule has 0 unspecified atom stereocenters. The molecule has 0 saturated carbocycles. The summed E-state index contributed by atoms with van der Waals surface area (Å²) >= 11 is 0. The Kier molecular flexibility index (Phi) is 8.52. The number of fused-ring (bicyclic) bond motifs is 1. The fourth-order valence-electron chi connectivity index (χ4n) is 4.13. The zero-order chi connectivity index (χ0) is 28.0. The first-order chi connectivity index (χ1) is 18.7. The van der Waals surface area contributed by atoms with Gasteiger partial charge in [-0.2, -0.15) is 10.2 Å². The van der Waals surface area contributed by atoms with E-state index in [9.17, 15) is 13.2 Å². The van der Waals surface area contributed by atoms with Crippen LogP contribution < -0.4 is 19.5 Å². The van der Waals surface area contributed by atoms with Crippen molar-refractivity contribution in [2.75, 3.05) is 32.7 Å². The number of hydrogen-bond donors (Lipinski definition) is 3. The molecule has 0 aliphatic rings. The minimum atomic E-state index is -4.09. The average Bonchev–Trinajstić information content (AvgIpc) is 3.53. The third kappa shape index (κ3) is 6.38. The molecule has 1 amide bonds. The van der Waals surface area contributed by atoms with Crippen LogP contribution in [0.25, 0.3) is 10.9 Å². The molecule has 4 rings (SSSR count). The van der Waals surface area contributed by atoms with E-state index in [2.05, 4.69) is 25.3 Å². The van der Waals surface area contributed by atoms with E-state index >= 15 is 0 Å². The van der Waals surface area contributed by atoms with Crippen molar-refractivity contribution < 1.29 is 27.4 Å². The molecule has 0 fully saturated rings. The Morgan fingerprint density at radius 1 is 1.13 bits per heavy atom. The molecule has 0 atom stereocenters. The summed E-state index contributed by atoms with van der Waals surface area (Å²) in [5.74, 6) is 0.261. The highest BCUT2D eigenvalue weighted by Crippen LogP contribution is 2.35. The second-order valence-corrected chi connectivity index (χ2v) is 10.2. The molecule has 0 bridgehead atoms. The summed E-state index contributed by atoms with van der Waals surface area (Å²) in [4.78, 5) is 11.7. The van der Waals surface area contributed by atoms with Gasteiger partial charge in [-0.1, -0.05) is 18.2 Å². The van der Waals surface area contributed by atoms with Gasteiger partial charge < -0.3 is 19.5 Å². The van der Waals surface area contributed by atoms with E-state index in [0.29, 0.717) is 30.6 Å². The lowest BCUT2D eigenvalue weighted by Crippen LogP contribution is -2.20. The predicted molar refractivity (Wildman–Crippen MR) is 145 cm³/mol. The Morgan fingerprint density at radius 2 is 1.87 bits per heavy atom. The Hall–Kier alpha value is -4.36. The smallest absolute Gasteiger partial charge is 0.270 e. The lowest BCUT2D eigenvalue weighted by molar-refractivity contribution is -0.116. The zero-order valence-electron chi connectivity index (χ0n) is 22.0. The summed E-state index contributed by atoms with van der Waals surface area (Å²) in [7, 11) is 0.256. The van der Waals surface area contributed by atoms with Gasteiger partial charge in [-0.25, -0.2) is 8.42 Å². The number of benzene rings is 2. The third-order valence-electron chi connectivity index (χ3n) is 5.83. The maximum Gasteiger partial charge on any atom is 0.270 e. The van der Waals surface area contributed by atoms with E-state index in [0.717, 1.165) is 16.7 Å². The summed E-state index contributed by atoms with van der Waals surface area (Å²) in [5.41, 5.74) is 3.28. The quantitative estimate of drug-likeness (QED) is 0.226. The van der Waals surface area contributed by atoms with Crippen LogP contribution in [-0.2, 0) is 32.6 Å². The summed E-state index contributed by atoms with van der Waals surface area (Å²) in [6.45, 7) is 3.06. The Morgan fingerprint density at radius 3 is 2.56 bits per heavy atom. The van der Waals surface area contributed by atoms with Gasteiger partial charge in [-0.05, 0) is 36.2 Å². The molecule has 2 aromatic heterocycles. The number of carbonyl (C=O) groups excluding carboxylic acids is 1. The number of sulfonamides is 1. The number of methoxy groups -OCH3 is 3. The topological polar surface area (TPSA) is 149 Å². The molecule has 0 aliphatic heterocycles. The van der Waals surface area contributed by atoms with E-state index in [1.54, 1.807) is 42.3 Å². The summed E-state index contributed by atoms with van der Waals surface area (Å²) in [5, 5.41) is 15.0. The molecule has 3 N–H and O–H groups in total. The largest absolute Gasteiger partial charge is 0.495 e. The number of carbonyl (C=O) groups is 1. The molecule has 206 valence electrons. The summed E-state index contributed by atoms with van der Waals surface area (Å²) < 4.78 is 46.4. The number of anilines is 1. The number of nitrogens with one attached hydrogen (secondary N) is 3. The maximum atomic E-state index is 13.3. The molecular weight excluding hydrogens is 524 g/mol. The number of aromatic nitrogens is 4. The predicted octanol–water partition coefficient (Wildman–Crippen LogP) is 2.75. The molecule has 12 nitrogen and oxygen atoms in total. The molecule has 0 aliphatic carbocycles. The van der Waals surface area contributed by atoms with Crippen molar-refractivity contribution in [3.8, 4) is 11.5 Å². The van der Waals surface area contributed by atoms with E-state index in [-0.39, 0.29) is 28.1 Å². The average molecular weight is 555 g/mol. The van der Waals surface area contributed by atoms with Crippen LogP contribution in [0.4, 0.5) is 5.82 Å². The molecule has 0 radical (unpaired) electrons. The minimum absolute atomic E-state index is 0.114. The SMILES string of the molecule is COC/C=C/C(=O)NCc1cnn(Cc2cc(C)c3c(NS(=O)(=O)c4c(OC)cccc4OC)n[nH]c3c2)c1. The van der Waals surface area contributed by atoms with Crippen molar-refractivity contribution in [3.63, 3.8) is 0 Å². The highest BCUT2D eigenvalue weighted by atomic mass is 32.2. The first-order valence-electron chi connectivity index (χ1n) is 11.9. The molecular formula is C26H30N6O6S. The van der Waals surface area contributed by atoms with Crippen molar-refractivity contribution in [3.05, 3.63) is 71.6 Å². The minimum Gasteiger partial charge on any atom is -0.495 e. The molecule has 13 heteroatoms. The molecule has 2 heterocycles. The van der Waals surface area contributed by atoms with Gasteiger partial charge in [0.2, 0.25) is 5.91 Å². The fourth-order valence-corrected chi connectivity index (χ4v) is 5.47. The zero-order valence-corrected chi connectivity index (χ0v) is 22.8. The number of rotatable bonds is 12. The summed E-state index contributed by atoms with van der Waals surface area (Å²) in [6, 6.07) is 8.58. The first-order valence-corrected chi connectivity index (χ1v) is 13.4. The number of nitrogens with zero attached hydrogens (tertiary/aromatic N) is 3. The number of H-pyrrole nitrogens is 1. The standard InChI is InChI=1S/C26H30N6O6S/c1-17-11-18(15-32-16-19(14-28-32)13-27-23(33)9-6-10-36-2)12-20-24(17)26(30-29-20)31-39(34,35)25-21(37-3)7-5-8-22(25)38-4/h5-9,11-12,14,16H,10,13,15H2,1-4H3,(H,27,33)(H2,29,30,31)/b9-6+. The third-order valence-corrected chi connectivity index (χ3v) is 7.23. The number of ether oxygens (including phenoxy) is 3. The van der Waals surface area contributed by atoms with E-state index in [4.69, 9.17) is 14.2 Å². The second kappa shape index (κ2) is 12.0. The van der Waals surface area contributed by atoms with Crippen molar-refractivity contribution in [1.29, 1.82) is 0 Å². The molecule has 4 aromatic rings. The fraction of sp³-hybridized carbons (Fsp3) is 0.269. The van der Waals surface area contributed by atoms with Gasteiger partial charge in [-0.3, -0.25) is 19.3 Å². The van der Waals surface area contributed by atoms with Crippen LogP contribution in [0.5, 0.6) is 11.5 Å². The molecule has 0 saturated heterocycles. The van der Waals surface area contributed by atoms with Crippen molar-refractivity contribution in [2.24, 2.45) is 0 Å². The van der Waals surface area contributed by atoms with Crippen LogP contribution >= 0.6 is 0 Å². The van der Waals surface area contributed by atoms with Crippen molar-refractivity contribution >= 4 is 32.7 Å². The highest BCUT2D eigenvalue weighted by molar-refractivity contribution is 7.93. The number of hydrogen-bond acceptors (Lipinski definition) is 8. The highest BCUT2D eigenvalue weighted by Gasteiger charge is 2.26. The molecule has 0 spiro atoms. The van der Waals surface area contributed by atoms with Crippen LogP contribution in [-0.4, -0.2) is 62.2 Å². The van der Waals surface area contributed by atoms with Crippen LogP contribution in [0, 0.1) is 6.92 Å². The lowest BCUT2D eigenvalue weighted by atomic mass is 10.1. The van der Waals surface area contributed by atoms with Crippen molar-refractivity contribution in [2.45, 2.75) is 24.9 Å². The monoisotopic (exact) mass is 554 g/mol. The van der Waals surface area contributed by atoms with E-state index < -0.39 is 10.0 Å². The Labute approximate surface area is 226 Å². The number of aryl methyl sites for hydroxylation is 1. The molecule has 2 aromatic carbocycles.